The molecular formula is C13H20N4O2. The smallest absolute Gasteiger partial charge is 0.255 e. The summed E-state index contributed by atoms with van der Waals surface area (Å²) in [5, 5.41) is 12.4. The van der Waals surface area contributed by atoms with Gasteiger partial charge in [0, 0.05) is 38.4 Å². The zero-order valence-electron chi connectivity index (χ0n) is 11.3. The Morgan fingerprint density at radius 2 is 2.32 bits per heavy atom. The van der Waals surface area contributed by atoms with Crippen LogP contribution >= 0.6 is 0 Å². The molecule has 0 aromatic carbocycles. The van der Waals surface area contributed by atoms with Crippen LogP contribution in [-0.2, 0) is 0 Å². The van der Waals surface area contributed by atoms with Crippen LogP contribution < -0.4 is 5.32 Å². The number of nitrogens with zero attached hydrogens (tertiary/aromatic N) is 3. The molecule has 104 valence electrons. The molecule has 1 aliphatic rings. The van der Waals surface area contributed by atoms with Crippen molar-refractivity contribution in [3.63, 3.8) is 0 Å². The van der Waals surface area contributed by atoms with Gasteiger partial charge in [0.2, 0.25) is 0 Å². The second-order valence-corrected chi connectivity index (χ2v) is 5.00. The van der Waals surface area contributed by atoms with E-state index in [9.17, 15) is 9.90 Å². The number of hydrogen-bond acceptors (Lipinski definition) is 5. The lowest BCUT2D eigenvalue weighted by Crippen LogP contribution is -2.54. The number of hydrogen-bond donors (Lipinski definition) is 2. The molecular weight excluding hydrogens is 244 g/mol. The number of carbonyl (C=O) groups excluding carboxylic acids is 1. The number of amides is 1. The summed E-state index contributed by atoms with van der Waals surface area (Å²) in [6.07, 6.45) is 2.77. The number of nitrogens with one attached hydrogen (secondary N) is 1. The Morgan fingerprint density at radius 3 is 3.05 bits per heavy atom. The van der Waals surface area contributed by atoms with Crippen molar-refractivity contribution in [1.29, 1.82) is 0 Å². The molecule has 2 heterocycles. The Bertz CT molecular complexity index is 452. The molecule has 1 atom stereocenters. The highest BCUT2D eigenvalue weighted by Crippen LogP contribution is 2.13. The number of piperazine rings is 1. The van der Waals surface area contributed by atoms with Gasteiger partial charge in [-0.25, -0.2) is 0 Å². The molecule has 0 radical (unpaired) electrons. The van der Waals surface area contributed by atoms with Crippen LogP contribution in [0.1, 0.15) is 10.4 Å². The van der Waals surface area contributed by atoms with Gasteiger partial charge in [0.05, 0.1) is 11.8 Å². The van der Waals surface area contributed by atoms with Crippen molar-refractivity contribution >= 4 is 5.91 Å². The first-order valence-electron chi connectivity index (χ1n) is 6.38. The lowest BCUT2D eigenvalue weighted by molar-refractivity contribution is 0.0879. The van der Waals surface area contributed by atoms with E-state index in [0.29, 0.717) is 12.6 Å². The van der Waals surface area contributed by atoms with E-state index in [1.807, 2.05) is 0 Å². The van der Waals surface area contributed by atoms with Crippen LogP contribution in [0.15, 0.2) is 18.5 Å². The molecule has 1 aromatic heterocycles. The van der Waals surface area contributed by atoms with Crippen LogP contribution in [0.5, 0.6) is 5.75 Å². The van der Waals surface area contributed by atoms with E-state index in [4.69, 9.17) is 0 Å². The Hall–Kier alpha value is -1.66. The highest BCUT2D eigenvalue weighted by atomic mass is 16.3. The Kier molecular flexibility index (Phi) is 4.34. The number of carbonyl (C=O) groups is 1. The molecule has 6 heteroatoms. The van der Waals surface area contributed by atoms with Crippen molar-refractivity contribution in [3.05, 3.63) is 24.0 Å². The molecule has 0 saturated carbocycles. The average molecular weight is 264 g/mol. The van der Waals surface area contributed by atoms with E-state index in [1.165, 1.54) is 18.5 Å². The molecule has 2 rings (SSSR count). The second kappa shape index (κ2) is 5.99. The van der Waals surface area contributed by atoms with E-state index < -0.39 is 0 Å². The normalized spacial score (nSPS) is 21.3. The molecule has 0 bridgehead atoms. The van der Waals surface area contributed by atoms with E-state index in [0.717, 1.165) is 19.6 Å². The van der Waals surface area contributed by atoms with E-state index >= 15 is 0 Å². The van der Waals surface area contributed by atoms with Crippen LogP contribution in [0.25, 0.3) is 0 Å². The number of aromatic hydroxyl groups is 1. The van der Waals surface area contributed by atoms with Gasteiger partial charge in [-0.1, -0.05) is 0 Å². The molecule has 1 aromatic rings. The van der Waals surface area contributed by atoms with Crippen LogP contribution in [0.4, 0.5) is 0 Å². The summed E-state index contributed by atoms with van der Waals surface area (Å²) in [5.41, 5.74) is 0.266. The molecule has 1 amide bonds. The van der Waals surface area contributed by atoms with E-state index in [1.54, 1.807) is 0 Å². The summed E-state index contributed by atoms with van der Waals surface area (Å²) < 4.78 is 0. The number of pyridine rings is 1. The van der Waals surface area contributed by atoms with Gasteiger partial charge in [-0.2, -0.15) is 0 Å². The van der Waals surface area contributed by atoms with Gasteiger partial charge >= 0.3 is 0 Å². The largest absolute Gasteiger partial charge is 0.505 e. The fraction of sp³-hybridized carbons (Fsp3) is 0.538. The highest BCUT2D eigenvalue weighted by molar-refractivity contribution is 5.96. The maximum atomic E-state index is 12.0. The Balaban J connectivity index is 1.91. The minimum absolute atomic E-state index is 0.0888. The van der Waals surface area contributed by atoms with Gasteiger partial charge in [-0.05, 0) is 20.2 Å². The predicted octanol–water partition coefficient (Wildman–Crippen LogP) is -0.237. The van der Waals surface area contributed by atoms with Gasteiger partial charge in [-0.3, -0.25) is 14.7 Å². The van der Waals surface area contributed by atoms with Crippen LogP contribution in [0.3, 0.4) is 0 Å². The van der Waals surface area contributed by atoms with Gasteiger partial charge in [-0.15, -0.1) is 0 Å². The third kappa shape index (κ3) is 3.42. The summed E-state index contributed by atoms with van der Waals surface area (Å²) in [6.45, 7) is 3.55. The summed E-state index contributed by atoms with van der Waals surface area (Å²) in [6, 6.07) is 1.81. The molecule has 1 fully saturated rings. The number of aromatic nitrogens is 1. The molecule has 19 heavy (non-hydrogen) atoms. The minimum Gasteiger partial charge on any atom is -0.505 e. The molecule has 0 spiro atoms. The monoisotopic (exact) mass is 264 g/mol. The second-order valence-electron chi connectivity index (χ2n) is 5.00. The summed E-state index contributed by atoms with van der Waals surface area (Å²) in [5.74, 6) is -0.351. The van der Waals surface area contributed by atoms with Crippen molar-refractivity contribution in [2.45, 2.75) is 6.04 Å². The Labute approximate surface area is 113 Å². The lowest BCUT2D eigenvalue weighted by Gasteiger charge is -2.37. The molecule has 1 saturated heterocycles. The zero-order chi connectivity index (χ0) is 13.8. The van der Waals surface area contributed by atoms with E-state index in [2.05, 4.69) is 34.2 Å². The summed E-state index contributed by atoms with van der Waals surface area (Å²) in [7, 11) is 4.14. The predicted molar refractivity (Wildman–Crippen MR) is 72.2 cm³/mol. The first kappa shape index (κ1) is 13.8. The van der Waals surface area contributed by atoms with Crippen molar-refractivity contribution < 1.29 is 9.90 Å². The van der Waals surface area contributed by atoms with Crippen LogP contribution in [0, 0.1) is 0 Å². The third-order valence-corrected chi connectivity index (χ3v) is 3.52. The van der Waals surface area contributed by atoms with Gasteiger partial charge < -0.3 is 15.3 Å². The van der Waals surface area contributed by atoms with Crippen LogP contribution in [-0.4, -0.2) is 72.1 Å². The van der Waals surface area contributed by atoms with E-state index in [-0.39, 0.29) is 17.2 Å². The maximum absolute atomic E-state index is 12.0. The van der Waals surface area contributed by atoms with Crippen LogP contribution in [0.2, 0.25) is 0 Å². The zero-order valence-corrected chi connectivity index (χ0v) is 11.3. The van der Waals surface area contributed by atoms with Crippen molar-refractivity contribution in [1.82, 2.24) is 20.1 Å². The topological polar surface area (TPSA) is 68.7 Å². The van der Waals surface area contributed by atoms with Crippen molar-refractivity contribution in [2.24, 2.45) is 0 Å². The SMILES string of the molecule is CN1CCN(C)C(CNC(=O)c2ccncc2O)C1. The van der Waals surface area contributed by atoms with Gasteiger partial charge in [0.25, 0.3) is 5.91 Å². The third-order valence-electron chi connectivity index (χ3n) is 3.52. The van der Waals surface area contributed by atoms with Crippen molar-refractivity contribution in [3.8, 4) is 5.75 Å². The molecule has 1 unspecified atom stereocenters. The maximum Gasteiger partial charge on any atom is 0.255 e. The summed E-state index contributed by atoms with van der Waals surface area (Å²) >= 11 is 0. The molecule has 6 nitrogen and oxygen atoms in total. The number of rotatable bonds is 3. The summed E-state index contributed by atoms with van der Waals surface area (Å²) in [4.78, 5) is 20.2. The fourth-order valence-corrected chi connectivity index (χ4v) is 2.21. The van der Waals surface area contributed by atoms with Crippen molar-refractivity contribution in [2.75, 3.05) is 40.3 Å². The minimum atomic E-state index is -0.262. The number of likely N-dealkylation sites (N-methyl/N-ethyl adjacent to an activating group) is 2. The fourth-order valence-electron chi connectivity index (χ4n) is 2.21. The van der Waals surface area contributed by atoms with Gasteiger partial charge in [0.1, 0.15) is 5.75 Å². The lowest BCUT2D eigenvalue weighted by atomic mass is 10.1. The molecule has 0 aliphatic carbocycles. The van der Waals surface area contributed by atoms with Gasteiger partial charge in [0.15, 0.2) is 0 Å². The Morgan fingerprint density at radius 1 is 1.53 bits per heavy atom. The first-order valence-corrected chi connectivity index (χ1v) is 6.38. The first-order chi connectivity index (χ1) is 9.08. The molecule has 2 N–H and O–H groups in total. The molecule has 1 aliphatic heterocycles. The average Bonchev–Trinajstić information content (AvgIpc) is 2.40. The quantitative estimate of drug-likeness (QED) is 0.789. The highest BCUT2D eigenvalue weighted by Gasteiger charge is 2.22. The standard InChI is InChI=1S/C13H20N4O2/c1-16-5-6-17(2)10(9-16)7-15-13(19)11-3-4-14-8-12(11)18/h3-4,8,10,18H,5-7,9H2,1-2H3,(H,15,19).